The van der Waals surface area contributed by atoms with Gasteiger partial charge in [-0.25, -0.2) is 0 Å². The summed E-state index contributed by atoms with van der Waals surface area (Å²) in [5, 5.41) is 0. The molecule has 0 amide bonds. The number of nitrogen functional groups attached to an aromatic ring is 1. The molecule has 4 nitrogen and oxygen atoms in total. The van der Waals surface area contributed by atoms with Crippen LogP contribution < -0.4 is 10.6 Å². The molecule has 0 atom stereocenters. The van der Waals surface area contributed by atoms with E-state index in [0.717, 1.165) is 35.7 Å². The molecule has 1 saturated heterocycles. The van der Waals surface area contributed by atoms with E-state index in [-0.39, 0.29) is 0 Å². The monoisotopic (exact) mass is 235 g/mol. The number of para-hydroxylation sites is 1. The van der Waals surface area contributed by atoms with Gasteiger partial charge in [-0.1, -0.05) is 6.07 Å². The maximum Gasteiger partial charge on any atom is 0.298 e. The third-order valence-electron chi connectivity index (χ3n) is 2.72. The van der Waals surface area contributed by atoms with E-state index in [2.05, 4.69) is 9.88 Å². The summed E-state index contributed by atoms with van der Waals surface area (Å²) >= 11 is 1.97. The fraction of sp³-hybridized carbons (Fsp3) is 0.364. The number of hydrogen-bond acceptors (Lipinski definition) is 5. The summed E-state index contributed by atoms with van der Waals surface area (Å²) in [5.41, 5.74) is 8.08. The summed E-state index contributed by atoms with van der Waals surface area (Å²) in [6.45, 7) is 1.99. The van der Waals surface area contributed by atoms with Gasteiger partial charge < -0.3 is 15.1 Å². The van der Waals surface area contributed by atoms with Gasteiger partial charge in [0.05, 0.1) is 5.69 Å². The van der Waals surface area contributed by atoms with Crippen molar-refractivity contribution in [1.82, 2.24) is 4.98 Å². The van der Waals surface area contributed by atoms with E-state index in [9.17, 15) is 0 Å². The molecule has 0 saturated carbocycles. The summed E-state index contributed by atoms with van der Waals surface area (Å²) in [5.74, 6) is 2.27. The van der Waals surface area contributed by atoms with Crippen molar-refractivity contribution in [2.24, 2.45) is 0 Å². The number of anilines is 2. The summed E-state index contributed by atoms with van der Waals surface area (Å²) in [4.78, 5) is 6.64. The molecule has 0 spiro atoms. The lowest BCUT2D eigenvalue weighted by Crippen LogP contribution is -2.32. The lowest BCUT2D eigenvalue weighted by Gasteiger charge is -2.24. The van der Waals surface area contributed by atoms with Crippen molar-refractivity contribution >= 4 is 34.6 Å². The highest BCUT2D eigenvalue weighted by Crippen LogP contribution is 2.27. The quantitative estimate of drug-likeness (QED) is 0.766. The summed E-state index contributed by atoms with van der Waals surface area (Å²) in [7, 11) is 0. The molecule has 5 heteroatoms. The lowest BCUT2D eigenvalue weighted by molar-refractivity contribution is 0.575. The highest BCUT2D eigenvalue weighted by molar-refractivity contribution is 7.99. The molecule has 1 fully saturated rings. The Balaban J connectivity index is 2.01. The van der Waals surface area contributed by atoms with Gasteiger partial charge in [-0.05, 0) is 12.1 Å². The van der Waals surface area contributed by atoms with Crippen molar-refractivity contribution in [3.63, 3.8) is 0 Å². The van der Waals surface area contributed by atoms with Crippen LogP contribution in [0.1, 0.15) is 0 Å². The predicted molar refractivity (Wildman–Crippen MR) is 68.0 cm³/mol. The largest absolute Gasteiger partial charge is 0.423 e. The third kappa shape index (κ3) is 1.61. The first-order valence-electron chi connectivity index (χ1n) is 5.32. The number of oxazole rings is 1. The van der Waals surface area contributed by atoms with Gasteiger partial charge in [0.2, 0.25) is 0 Å². The first-order valence-corrected chi connectivity index (χ1v) is 6.48. The average Bonchev–Trinajstić information content (AvgIpc) is 2.76. The average molecular weight is 235 g/mol. The second-order valence-corrected chi connectivity index (χ2v) is 5.01. The molecular weight excluding hydrogens is 222 g/mol. The van der Waals surface area contributed by atoms with Crippen molar-refractivity contribution in [2.75, 3.05) is 35.2 Å². The van der Waals surface area contributed by atoms with Crippen molar-refractivity contribution in [1.29, 1.82) is 0 Å². The fourth-order valence-corrected chi connectivity index (χ4v) is 2.75. The van der Waals surface area contributed by atoms with Crippen LogP contribution in [0.2, 0.25) is 0 Å². The Morgan fingerprint density at radius 1 is 1.31 bits per heavy atom. The molecule has 0 bridgehead atoms. The van der Waals surface area contributed by atoms with Crippen molar-refractivity contribution < 1.29 is 4.42 Å². The van der Waals surface area contributed by atoms with Crippen LogP contribution >= 0.6 is 11.8 Å². The number of rotatable bonds is 1. The molecule has 2 aromatic rings. The van der Waals surface area contributed by atoms with Gasteiger partial charge >= 0.3 is 0 Å². The van der Waals surface area contributed by atoms with Crippen LogP contribution in [-0.2, 0) is 0 Å². The number of hydrogen-bond donors (Lipinski definition) is 1. The van der Waals surface area contributed by atoms with Gasteiger partial charge in [0, 0.05) is 24.6 Å². The zero-order chi connectivity index (χ0) is 11.0. The SMILES string of the molecule is Nc1cccc2oc(N3CCSCC3)nc12. The van der Waals surface area contributed by atoms with E-state index in [1.165, 1.54) is 0 Å². The van der Waals surface area contributed by atoms with Crippen LogP contribution in [0, 0.1) is 0 Å². The molecule has 1 aliphatic rings. The van der Waals surface area contributed by atoms with Gasteiger partial charge in [0.15, 0.2) is 5.58 Å². The zero-order valence-electron chi connectivity index (χ0n) is 8.85. The fourth-order valence-electron chi connectivity index (χ4n) is 1.85. The minimum absolute atomic E-state index is 0.680. The molecule has 1 aromatic heterocycles. The Morgan fingerprint density at radius 2 is 2.12 bits per heavy atom. The van der Waals surface area contributed by atoms with E-state index in [1.807, 2.05) is 30.0 Å². The van der Waals surface area contributed by atoms with Crippen molar-refractivity contribution in [3.05, 3.63) is 18.2 Å². The third-order valence-corrected chi connectivity index (χ3v) is 3.66. The van der Waals surface area contributed by atoms with Gasteiger partial charge in [-0.15, -0.1) is 0 Å². The molecule has 1 aliphatic heterocycles. The molecule has 1 aromatic carbocycles. The zero-order valence-corrected chi connectivity index (χ0v) is 9.67. The Kier molecular flexibility index (Phi) is 2.40. The standard InChI is InChI=1S/C11H13N3OS/c12-8-2-1-3-9-10(8)13-11(15-9)14-4-6-16-7-5-14/h1-3H,4-7,12H2. The molecular formula is C11H13N3OS. The number of nitrogens with two attached hydrogens (primary N) is 1. The van der Waals surface area contributed by atoms with Crippen LogP contribution in [0.4, 0.5) is 11.7 Å². The highest BCUT2D eigenvalue weighted by Gasteiger charge is 2.17. The summed E-state index contributed by atoms with van der Waals surface area (Å²) in [6, 6.07) is 6.34. The Labute approximate surface area is 97.8 Å². The summed E-state index contributed by atoms with van der Waals surface area (Å²) in [6.07, 6.45) is 0. The predicted octanol–water partition coefficient (Wildman–Crippen LogP) is 1.96. The molecule has 84 valence electrons. The molecule has 16 heavy (non-hydrogen) atoms. The molecule has 0 radical (unpaired) electrons. The maximum atomic E-state index is 5.85. The van der Waals surface area contributed by atoms with E-state index in [0.29, 0.717) is 11.7 Å². The maximum absolute atomic E-state index is 5.85. The molecule has 0 aliphatic carbocycles. The van der Waals surface area contributed by atoms with Crippen molar-refractivity contribution in [3.8, 4) is 0 Å². The van der Waals surface area contributed by atoms with Crippen LogP contribution in [-0.4, -0.2) is 29.6 Å². The molecule has 2 heterocycles. The first kappa shape index (κ1) is 9.84. The Bertz CT molecular complexity index is 505. The Morgan fingerprint density at radius 3 is 2.88 bits per heavy atom. The number of thioether (sulfide) groups is 1. The second-order valence-electron chi connectivity index (χ2n) is 3.79. The van der Waals surface area contributed by atoms with Crippen molar-refractivity contribution in [2.45, 2.75) is 0 Å². The number of nitrogens with zero attached hydrogens (tertiary/aromatic N) is 2. The number of aromatic nitrogens is 1. The van der Waals surface area contributed by atoms with Crippen LogP contribution in [0.15, 0.2) is 22.6 Å². The van der Waals surface area contributed by atoms with Gasteiger partial charge in [0.1, 0.15) is 5.52 Å². The second kappa shape index (κ2) is 3.90. The van der Waals surface area contributed by atoms with Gasteiger partial charge in [-0.3, -0.25) is 0 Å². The smallest absolute Gasteiger partial charge is 0.298 e. The molecule has 0 unspecified atom stereocenters. The Hall–Kier alpha value is -1.36. The van der Waals surface area contributed by atoms with E-state index >= 15 is 0 Å². The van der Waals surface area contributed by atoms with Crippen LogP contribution in [0.5, 0.6) is 0 Å². The highest BCUT2D eigenvalue weighted by atomic mass is 32.2. The number of fused-ring (bicyclic) bond motifs is 1. The van der Waals surface area contributed by atoms with Crippen LogP contribution in [0.3, 0.4) is 0 Å². The lowest BCUT2D eigenvalue weighted by atomic mass is 10.3. The molecule has 2 N–H and O–H groups in total. The minimum Gasteiger partial charge on any atom is -0.423 e. The van der Waals surface area contributed by atoms with Gasteiger partial charge in [-0.2, -0.15) is 16.7 Å². The molecule has 3 rings (SSSR count). The first-order chi connectivity index (χ1) is 7.84. The minimum atomic E-state index is 0.680. The number of benzene rings is 1. The van der Waals surface area contributed by atoms with E-state index in [4.69, 9.17) is 10.2 Å². The van der Waals surface area contributed by atoms with Gasteiger partial charge in [0.25, 0.3) is 6.01 Å². The topological polar surface area (TPSA) is 55.3 Å². The normalized spacial score (nSPS) is 16.9. The summed E-state index contributed by atoms with van der Waals surface area (Å²) < 4.78 is 5.71. The van der Waals surface area contributed by atoms with Crippen LogP contribution in [0.25, 0.3) is 11.1 Å². The van der Waals surface area contributed by atoms with E-state index < -0.39 is 0 Å². The van der Waals surface area contributed by atoms with E-state index in [1.54, 1.807) is 0 Å².